The molecule has 3 aromatic heterocycles. The van der Waals surface area contributed by atoms with Crippen molar-refractivity contribution in [3.05, 3.63) is 54.1 Å². The normalized spacial score (nSPS) is 18.8. The van der Waals surface area contributed by atoms with Gasteiger partial charge in [0.2, 0.25) is 17.6 Å². The molecular formula is C19H15F2N5O2. The highest BCUT2D eigenvalue weighted by Crippen LogP contribution is 2.33. The molecule has 0 unspecified atom stereocenters. The number of alkyl halides is 1. The minimum absolute atomic E-state index is 0.00512. The van der Waals surface area contributed by atoms with Gasteiger partial charge in [-0.2, -0.15) is 4.39 Å². The summed E-state index contributed by atoms with van der Waals surface area (Å²) in [5.74, 6) is -0.652. The zero-order chi connectivity index (χ0) is 19.3. The third-order valence-corrected chi connectivity index (χ3v) is 4.92. The predicted molar refractivity (Wildman–Crippen MR) is 96.2 cm³/mol. The molecule has 1 saturated heterocycles. The van der Waals surface area contributed by atoms with Gasteiger partial charge < -0.3 is 9.32 Å². The zero-order valence-corrected chi connectivity index (χ0v) is 14.7. The number of oxazole rings is 1. The molecule has 0 radical (unpaired) electrons. The standard InChI is InChI=1S/C19H15F2N5O2/c20-11-5-7-25(9-11)15-4-3-13(17(21)24-15)18-23-14-10-26(19(27)16(14)28-18)12-2-1-6-22-8-12/h1-4,6,8,11H,5,7,9-10H2/t11-/m0/s1. The SMILES string of the molecule is O=C1c2oc(-c3ccc(N4CC[C@H](F)C4)nc3F)nc2CN1c1cccnc1. The number of carbonyl (C=O) groups is 1. The average molecular weight is 383 g/mol. The molecule has 9 heteroatoms. The Morgan fingerprint density at radius 2 is 2.11 bits per heavy atom. The van der Waals surface area contributed by atoms with Crippen LogP contribution in [-0.2, 0) is 6.54 Å². The average Bonchev–Trinajstić information content (AvgIpc) is 3.39. The van der Waals surface area contributed by atoms with E-state index in [1.54, 1.807) is 35.5 Å². The van der Waals surface area contributed by atoms with Gasteiger partial charge in [0.1, 0.15) is 17.7 Å². The Labute approximate surface area is 158 Å². The Morgan fingerprint density at radius 3 is 2.79 bits per heavy atom. The number of pyridine rings is 2. The van der Waals surface area contributed by atoms with E-state index in [2.05, 4.69) is 15.0 Å². The first-order chi connectivity index (χ1) is 13.6. The van der Waals surface area contributed by atoms with Crippen LogP contribution in [0.15, 0.2) is 41.1 Å². The summed E-state index contributed by atoms with van der Waals surface area (Å²) in [7, 11) is 0. The summed E-state index contributed by atoms with van der Waals surface area (Å²) in [5, 5.41) is 0. The van der Waals surface area contributed by atoms with Crippen LogP contribution < -0.4 is 9.80 Å². The lowest BCUT2D eigenvalue weighted by molar-refractivity contribution is 0.0972. The molecule has 0 aromatic carbocycles. The summed E-state index contributed by atoms with van der Waals surface area (Å²) in [6.45, 7) is 0.929. The topological polar surface area (TPSA) is 75.4 Å². The molecule has 1 atom stereocenters. The van der Waals surface area contributed by atoms with Crippen molar-refractivity contribution in [3.8, 4) is 11.5 Å². The van der Waals surface area contributed by atoms with E-state index in [-0.39, 0.29) is 36.2 Å². The van der Waals surface area contributed by atoms with Crippen LogP contribution in [-0.4, -0.2) is 40.1 Å². The number of hydrogen-bond acceptors (Lipinski definition) is 6. The molecule has 3 aromatic rings. The van der Waals surface area contributed by atoms with Gasteiger partial charge in [0, 0.05) is 12.7 Å². The third-order valence-electron chi connectivity index (χ3n) is 4.92. The number of aromatic nitrogens is 3. The van der Waals surface area contributed by atoms with Crippen LogP contribution in [0, 0.1) is 5.95 Å². The van der Waals surface area contributed by atoms with Crippen molar-refractivity contribution in [1.82, 2.24) is 15.0 Å². The van der Waals surface area contributed by atoms with E-state index in [0.717, 1.165) is 0 Å². The lowest BCUT2D eigenvalue weighted by Gasteiger charge is -2.16. The van der Waals surface area contributed by atoms with Crippen molar-refractivity contribution in [3.63, 3.8) is 0 Å². The number of halogens is 2. The minimum Gasteiger partial charge on any atom is -0.430 e. The van der Waals surface area contributed by atoms with Crippen molar-refractivity contribution >= 4 is 17.4 Å². The van der Waals surface area contributed by atoms with Crippen molar-refractivity contribution in [2.24, 2.45) is 0 Å². The highest BCUT2D eigenvalue weighted by molar-refractivity contribution is 6.07. The number of rotatable bonds is 3. The van der Waals surface area contributed by atoms with Gasteiger partial charge in [0.05, 0.1) is 30.5 Å². The molecular weight excluding hydrogens is 368 g/mol. The van der Waals surface area contributed by atoms with Crippen molar-refractivity contribution in [2.45, 2.75) is 19.1 Å². The molecule has 28 heavy (non-hydrogen) atoms. The Balaban J connectivity index is 1.41. The fraction of sp³-hybridized carbons (Fsp3) is 0.263. The monoisotopic (exact) mass is 383 g/mol. The van der Waals surface area contributed by atoms with Crippen LogP contribution in [0.2, 0.25) is 0 Å². The molecule has 2 aliphatic rings. The van der Waals surface area contributed by atoms with Crippen LogP contribution in [0.4, 0.5) is 20.3 Å². The number of amides is 1. The van der Waals surface area contributed by atoms with E-state index in [4.69, 9.17) is 4.42 Å². The van der Waals surface area contributed by atoms with Gasteiger partial charge in [-0.15, -0.1) is 0 Å². The smallest absolute Gasteiger partial charge is 0.296 e. The first-order valence-electron chi connectivity index (χ1n) is 8.87. The first-order valence-corrected chi connectivity index (χ1v) is 8.87. The van der Waals surface area contributed by atoms with Crippen molar-refractivity contribution in [1.29, 1.82) is 0 Å². The van der Waals surface area contributed by atoms with Gasteiger partial charge in [-0.25, -0.2) is 14.4 Å². The van der Waals surface area contributed by atoms with E-state index in [1.807, 2.05) is 0 Å². The maximum atomic E-state index is 14.6. The number of fused-ring (bicyclic) bond motifs is 1. The Hall–Kier alpha value is -3.36. The van der Waals surface area contributed by atoms with Gasteiger partial charge in [-0.3, -0.25) is 14.7 Å². The number of nitrogens with zero attached hydrogens (tertiary/aromatic N) is 5. The summed E-state index contributed by atoms with van der Waals surface area (Å²) < 4.78 is 33.5. The fourth-order valence-corrected chi connectivity index (χ4v) is 3.49. The van der Waals surface area contributed by atoms with Crippen LogP contribution in [0.5, 0.6) is 0 Å². The summed E-state index contributed by atoms with van der Waals surface area (Å²) in [6, 6.07) is 6.60. The molecule has 0 bridgehead atoms. The Morgan fingerprint density at radius 1 is 1.21 bits per heavy atom. The van der Waals surface area contributed by atoms with Gasteiger partial charge >= 0.3 is 0 Å². The molecule has 5 heterocycles. The molecule has 1 fully saturated rings. The molecule has 0 N–H and O–H groups in total. The molecule has 2 aliphatic heterocycles. The highest BCUT2D eigenvalue weighted by Gasteiger charge is 2.35. The second-order valence-corrected chi connectivity index (χ2v) is 6.74. The fourth-order valence-electron chi connectivity index (χ4n) is 3.49. The van der Waals surface area contributed by atoms with E-state index in [0.29, 0.717) is 30.2 Å². The van der Waals surface area contributed by atoms with Crippen molar-refractivity contribution < 1.29 is 18.0 Å². The van der Waals surface area contributed by atoms with E-state index in [9.17, 15) is 13.6 Å². The Bertz CT molecular complexity index is 1060. The number of carbonyl (C=O) groups excluding carboxylic acids is 1. The summed E-state index contributed by atoms with van der Waals surface area (Å²) >= 11 is 0. The quantitative estimate of drug-likeness (QED) is 0.648. The van der Waals surface area contributed by atoms with Gasteiger partial charge in [-0.1, -0.05) is 0 Å². The number of anilines is 2. The summed E-state index contributed by atoms with van der Waals surface area (Å²) in [6.07, 6.45) is 2.68. The number of hydrogen-bond donors (Lipinski definition) is 0. The van der Waals surface area contributed by atoms with Gasteiger partial charge in [-0.05, 0) is 30.7 Å². The van der Waals surface area contributed by atoms with Crippen LogP contribution in [0.3, 0.4) is 0 Å². The zero-order valence-electron chi connectivity index (χ0n) is 14.7. The highest BCUT2D eigenvalue weighted by atomic mass is 19.1. The lowest BCUT2D eigenvalue weighted by Crippen LogP contribution is -2.23. The molecule has 1 amide bonds. The van der Waals surface area contributed by atoms with Gasteiger partial charge in [0.15, 0.2) is 0 Å². The summed E-state index contributed by atoms with van der Waals surface area (Å²) in [5.41, 5.74) is 1.14. The van der Waals surface area contributed by atoms with Gasteiger partial charge in [0.25, 0.3) is 5.91 Å². The third kappa shape index (κ3) is 2.70. The molecule has 0 spiro atoms. The van der Waals surface area contributed by atoms with Crippen LogP contribution in [0.25, 0.3) is 11.5 Å². The summed E-state index contributed by atoms with van der Waals surface area (Å²) in [4.78, 5) is 28.0. The minimum atomic E-state index is -0.923. The predicted octanol–water partition coefficient (Wildman–Crippen LogP) is 2.98. The molecule has 7 nitrogen and oxygen atoms in total. The molecule has 0 aliphatic carbocycles. The molecule has 0 saturated carbocycles. The first kappa shape index (κ1) is 16.8. The second-order valence-electron chi connectivity index (χ2n) is 6.74. The van der Waals surface area contributed by atoms with Crippen LogP contribution in [0.1, 0.15) is 22.7 Å². The maximum Gasteiger partial charge on any atom is 0.296 e. The largest absolute Gasteiger partial charge is 0.430 e. The van der Waals surface area contributed by atoms with E-state index in [1.165, 1.54) is 11.0 Å². The molecule has 5 rings (SSSR count). The van der Waals surface area contributed by atoms with E-state index < -0.39 is 12.1 Å². The Kier molecular flexibility index (Phi) is 3.81. The molecule has 142 valence electrons. The van der Waals surface area contributed by atoms with E-state index >= 15 is 0 Å². The maximum absolute atomic E-state index is 14.6. The van der Waals surface area contributed by atoms with Crippen molar-refractivity contribution in [2.75, 3.05) is 22.9 Å². The second kappa shape index (κ2) is 6.36. The van der Waals surface area contributed by atoms with Crippen LogP contribution >= 0.6 is 0 Å². The lowest BCUT2D eigenvalue weighted by atomic mass is 10.2.